The van der Waals surface area contributed by atoms with Gasteiger partial charge in [0.1, 0.15) is 12.2 Å². The van der Waals surface area contributed by atoms with E-state index in [2.05, 4.69) is 29.6 Å². The van der Waals surface area contributed by atoms with Gasteiger partial charge in [0, 0.05) is 36.6 Å². The molecule has 7 heteroatoms. The topological polar surface area (TPSA) is 89.8 Å². The highest BCUT2D eigenvalue weighted by Gasteiger charge is 2.29. The molecule has 1 heterocycles. The number of amides is 1. The van der Waals surface area contributed by atoms with Crippen LogP contribution in [0.15, 0.2) is 79.0 Å². The van der Waals surface area contributed by atoms with Crippen LogP contribution in [-0.2, 0) is 15.9 Å². The van der Waals surface area contributed by atoms with E-state index in [9.17, 15) is 14.7 Å². The lowest BCUT2D eigenvalue weighted by Gasteiger charge is -2.19. The molecule has 0 fully saturated rings. The summed E-state index contributed by atoms with van der Waals surface area (Å²) in [7, 11) is 0. The lowest BCUT2D eigenvalue weighted by atomic mass is 9.98. The van der Waals surface area contributed by atoms with Crippen molar-refractivity contribution in [1.82, 2.24) is 9.88 Å². The summed E-state index contributed by atoms with van der Waals surface area (Å²) in [6.07, 6.45) is 1.25. The quantitative estimate of drug-likeness (QED) is 0.303. The standard InChI is InChI=1S/C32H34N2O5/c1-32(2,3)39-31(37)34-18-22(23-10-8-9-15-29(23)34)16-21(19-35)17-33-30(36)38-20-28-26-13-6-4-11-24(26)25-12-5-7-14-27(25)28/h4-15,18,21,28,35H,16-17,19-20H2,1-3H3,(H,33,36)/t21-/m1/s1. The minimum Gasteiger partial charge on any atom is -0.449 e. The van der Waals surface area contributed by atoms with E-state index in [-0.39, 0.29) is 31.6 Å². The molecule has 7 nitrogen and oxygen atoms in total. The van der Waals surface area contributed by atoms with Gasteiger partial charge in [-0.25, -0.2) is 9.59 Å². The molecule has 0 unspecified atom stereocenters. The van der Waals surface area contributed by atoms with Gasteiger partial charge < -0.3 is 19.9 Å². The Morgan fingerprint density at radius 3 is 2.21 bits per heavy atom. The van der Waals surface area contributed by atoms with Crippen LogP contribution < -0.4 is 5.32 Å². The van der Waals surface area contributed by atoms with Crippen LogP contribution in [0.4, 0.5) is 9.59 Å². The Kier molecular flexibility index (Phi) is 7.44. The van der Waals surface area contributed by atoms with E-state index in [0.29, 0.717) is 6.42 Å². The second kappa shape index (κ2) is 10.9. The zero-order chi connectivity index (χ0) is 27.6. The van der Waals surface area contributed by atoms with Crippen molar-refractivity contribution in [2.24, 2.45) is 5.92 Å². The summed E-state index contributed by atoms with van der Waals surface area (Å²) in [6.45, 7) is 5.82. The second-order valence-corrected chi connectivity index (χ2v) is 11.0. The van der Waals surface area contributed by atoms with Crippen LogP contribution in [0, 0.1) is 5.92 Å². The van der Waals surface area contributed by atoms with Crippen molar-refractivity contribution in [3.05, 3.63) is 95.7 Å². The van der Waals surface area contributed by atoms with Crippen LogP contribution in [0.2, 0.25) is 0 Å². The average Bonchev–Trinajstić information content (AvgIpc) is 3.45. The van der Waals surface area contributed by atoms with Gasteiger partial charge in [-0.15, -0.1) is 0 Å². The number of carbonyl (C=O) groups excluding carboxylic acids is 2. The number of nitrogens with zero attached hydrogens (tertiary/aromatic N) is 1. The molecule has 5 rings (SSSR count). The first-order chi connectivity index (χ1) is 18.7. The van der Waals surface area contributed by atoms with Crippen molar-refractivity contribution in [2.45, 2.75) is 38.7 Å². The first-order valence-corrected chi connectivity index (χ1v) is 13.3. The Bertz CT molecular complexity index is 1450. The third kappa shape index (κ3) is 5.68. The first kappa shape index (κ1) is 26.5. The lowest BCUT2D eigenvalue weighted by Crippen LogP contribution is -2.33. The van der Waals surface area contributed by atoms with Crippen molar-refractivity contribution in [2.75, 3.05) is 19.8 Å². The summed E-state index contributed by atoms with van der Waals surface area (Å²) in [4.78, 5) is 25.5. The molecule has 1 atom stereocenters. The molecule has 3 aromatic carbocycles. The van der Waals surface area contributed by atoms with Crippen molar-refractivity contribution < 1.29 is 24.2 Å². The minimum absolute atomic E-state index is 0.0178. The number of ether oxygens (including phenoxy) is 2. The second-order valence-electron chi connectivity index (χ2n) is 11.0. The smallest absolute Gasteiger partial charge is 0.419 e. The fourth-order valence-corrected chi connectivity index (χ4v) is 5.26. The summed E-state index contributed by atoms with van der Waals surface area (Å²) in [5, 5.41) is 13.8. The highest BCUT2D eigenvalue weighted by molar-refractivity contribution is 5.92. The SMILES string of the molecule is CC(C)(C)OC(=O)n1cc(C[C@@H](CO)CNC(=O)OCC2c3ccccc3-c3ccccc32)c2ccccc21. The molecule has 4 aromatic rings. The molecular formula is C32H34N2O5. The number of rotatable bonds is 7. The summed E-state index contributed by atoms with van der Waals surface area (Å²) in [5.74, 6) is -0.279. The minimum atomic E-state index is -0.622. The third-order valence-electron chi connectivity index (χ3n) is 7.03. The Hall–Kier alpha value is -4.10. The molecule has 1 amide bonds. The van der Waals surface area contributed by atoms with Gasteiger partial charge in [0.05, 0.1) is 5.52 Å². The number of carbonyl (C=O) groups is 2. The molecular weight excluding hydrogens is 492 g/mol. The first-order valence-electron chi connectivity index (χ1n) is 13.3. The molecule has 0 spiro atoms. The van der Waals surface area contributed by atoms with Crippen LogP contribution in [0.5, 0.6) is 0 Å². The molecule has 1 aliphatic rings. The van der Waals surface area contributed by atoms with Crippen LogP contribution >= 0.6 is 0 Å². The molecule has 202 valence electrons. The normalized spacial score (nSPS) is 13.5. The Labute approximate surface area is 228 Å². The van der Waals surface area contributed by atoms with E-state index in [4.69, 9.17) is 9.47 Å². The average molecular weight is 527 g/mol. The summed E-state index contributed by atoms with van der Waals surface area (Å²) >= 11 is 0. The van der Waals surface area contributed by atoms with Gasteiger partial charge in [-0.2, -0.15) is 0 Å². The number of aliphatic hydroxyl groups is 1. The lowest BCUT2D eigenvalue weighted by molar-refractivity contribution is 0.0544. The van der Waals surface area contributed by atoms with Crippen LogP contribution in [0.25, 0.3) is 22.0 Å². The van der Waals surface area contributed by atoms with Gasteiger partial charge in [0.25, 0.3) is 0 Å². The largest absolute Gasteiger partial charge is 0.449 e. The van der Waals surface area contributed by atoms with Crippen molar-refractivity contribution in [3.8, 4) is 11.1 Å². The van der Waals surface area contributed by atoms with Gasteiger partial charge in [0.2, 0.25) is 0 Å². The molecule has 0 saturated heterocycles. The fraction of sp³-hybridized carbons (Fsp3) is 0.312. The zero-order valence-electron chi connectivity index (χ0n) is 22.5. The van der Waals surface area contributed by atoms with Crippen molar-refractivity contribution in [1.29, 1.82) is 0 Å². The van der Waals surface area contributed by atoms with E-state index in [0.717, 1.165) is 27.6 Å². The predicted molar refractivity (Wildman–Crippen MR) is 151 cm³/mol. The number of aromatic nitrogens is 1. The molecule has 0 saturated carbocycles. The van der Waals surface area contributed by atoms with Gasteiger partial charge >= 0.3 is 12.2 Å². The molecule has 39 heavy (non-hydrogen) atoms. The molecule has 0 aliphatic heterocycles. The Balaban J connectivity index is 1.22. The summed E-state index contributed by atoms with van der Waals surface area (Å²) in [5.41, 5.74) is 5.67. The number of hydrogen-bond acceptors (Lipinski definition) is 5. The van der Waals surface area contributed by atoms with Crippen molar-refractivity contribution >= 4 is 23.1 Å². The van der Waals surface area contributed by atoms with Crippen LogP contribution in [0.3, 0.4) is 0 Å². The Morgan fingerprint density at radius 1 is 0.949 bits per heavy atom. The van der Waals surface area contributed by atoms with Gasteiger partial charge in [0.15, 0.2) is 0 Å². The third-order valence-corrected chi connectivity index (χ3v) is 7.03. The zero-order valence-corrected chi connectivity index (χ0v) is 22.5. The maximum absolute atomic E-state index is 12.8. The molecule has 2 N–H and O–H groups in total. The number of para-hydroxylation sites is 1. The number of benzene rings is 3. The molecule has 0 radical (unpaired) electrons. The van der Waals surface area contributed by atoms with Crippen molar-refractivity contribution in [3.63, 3.8) is 0 Å². The van der Waals surface area contributed by atoms with Gasteiger partial charge in [-0.05, 0) is 61.1 Å². The number of aliphatic hydroxyl groups excluding tert-OH is 1. The number of nitrogens with one attached hydrogen (secondary N) is 1. The molecule has 1 aromatic heterocycles. The summed E-state index contributed by atoms with van der Waals surface area (Å²) < 4.78 is 12.7. The van der Waals surface area contributed by atoms with Crippen LogP contribution in [-0.4, -0.2) is 47.2 Å². The Morgan fingerprint density at radius 2 is 1.56 bits per heavy atom. The maximum atomic E-state index is 12.8. The van der Waals surface area contributed by atoms with Gasteiger partial charge in [-0.1, -0.05) is 66.7 Å². The highest BCUT2D eigenvalue weighted by atomic mass is 16.6. The monoisotopic (exact) mass is 526 g/mol. The molecule has 0 bridgehead atoms. The van der Waals surface area contributed by atoms with Gasteiger partial charge in [-0.3, -0.25) is 4.57 Å². The number of hydrogen-bond donors (Lipinski definition) is 2. The maximum Gasteiger partial charge on any atom is 0.419 e. The summed E-state index contributed by atoms with van der Waals surface area (Å²) in [6, 6.07) is 24.0. The van der Waals surface area contributed by atoms with E-state index < -0.39 is 17.8 Å². The highest BCUT2D eigenvalue weighted by Crippen LogP contribution is 2.44. The van der Waals surface area contributed by atoms with E-state index in [1.54, 1.807) is 6.20 Å². The van der Waals surface area contributed by atoms with Crippen LogP contribution in [0.1, 0.15) is 43.4 Å². The number of alkyl carbamates (subject to hydrolysis) is 1. The van der Waals surface area contributed by atoms with E-state index in [1.165, 1.54) is 15.7 Å². The molecule has 1 aliphatic carbocycles. The number of fused-ring (bicyclic) bond motifs is 4. The fourth-order valence-electron chi connectivity index (χ4n) is 5.26. The van der Waals surface area contributed by atoms with E-state index in [1.807, 2.05) is 69.3 Å². The predicted octanol–water partition coefficient (Wildman–Crippen LogP) is 6.11. The van der Waals surface area contributed by atoms with E-state index >= 15 is 0 Å².